The normalized spacial score (nSPS) is 9.44. The summed E-state index contributed by atoms with van der Waals surface area (Å²) in [6.45, 7) is 0.475. The molecule has 0 saturated carbocycles. The van der Waals surface area contributed by atoms with Crippen molar-refractivity contribution in [2.24, 2.45) is 0 Å². The van der Waals surface area contributed by atoms with Crippen molar-refractivity contribution < 1.29 is 23.7 Å². The minimum atomic E-state index is 0.0971. The van der Waals surface area contributed by atoms with Crippen molar-refractivity contribution in [3.8, 4) is 17.2 Å². The van der Waals surface area contributed by atoms with E-state index in [1.54, 1.807) is 19.2 Å². The molecule has 0 amide bonds. The van der Waals surface area contributed by atoms with E-state index in [4.69, 9.17) is 18.9 Å². The van der Waals surface area contributed by atoms with Crippen molar-refractivity contribution in [2.75, 3.05) is 21.3 Å². The zero-order chi connectivity index (χ0) is 12.0. The van der Waals surface area contributed by atoms with Crippen LogP contribution in [0.4, 0.5) is 0 Å². The first-order valence-corrected chi connectivity index (χ1v) is 4.61. The van der Waals surface area contributed by atoms with Crippen LogP contribution < -0.4 is 14.2 Å². The highest BCUT2D eigenvalue weighted by molar-refractivity contribution is 5.51. The average molecular weight is 226 g/mol. The zero-order valence-corrected chi connectivity index (χ0v) is 9.48. The molecular weight excluding hydrogens is 212 g/mol. The largest absolute Gasteiger partial charge is 0.496 e. The van der Waals surface area contributed by atoms with Gasteiger partial charge in [-0.2, -0.15) is 0 Å². The summed E-state index contributed by atoms with van der Waals surface area (Å²) in [6, 6.07) is 3.40. The number of rotatable bonds is 6. The number of ether oxygens (including phenoxy) is 4. The molecule has 5 nitrogen and oxygen atoms in total. The zero-order valence-electron chi connectivity index (χ0n) is 9.48. The fraction of sp³-hybridized carbons (Fsp3) is 0.364. The third-order valence-electron chi connectivity index (χ3n) is 2.11. The predicted octanol–water partition coefficient (Wildman–Crippen LogP) is 1.39. The Morgan fingerprint density at radius 1 is 1.06 bits per heavy atom. The molecule has 1 aromatic rings. The highest BCUT2D eigenvalue weighted by Gasteiger charge is 2.13. The summed E-state index contributed by atoms with van der Waals surface area (Å²) in [5.74, 6) is 1.72. The van der Waals surface area contributed by atoms with Gasteiger partial charge in [0.2, 0.25) is 0 Å². The SMILES string of the molecule is COc1cc(OC)c(COC=O)c(OC)c1. The maximum Gasteiger partial charge on any atom is 0.293 e. The first kappa shape index (κ1) is 12.2. The number of benzene rings is 1. The Balaban J connectivity index is 3.14. The van der Waals surface area contributed by atoms with Crippen LogP contribution in [0.2, 0.25) is 0 Å². The van der Waals surface area contributed by atoms with Gasteiger partial charge in [0.05, 0.1) is 26.9 Å². The summed E-state index contributed by atoms with van der Waals surface area (Å²) in [6.07, 6.45) is 0. The first-order chi connectivity index (χ1) is 7.76. The molecule has 0 N–H and O–H groups in total. The smallest absolute Gasteiger partial charge is 0.293 e. The molecule has 0 radical (unpaired) electrons. The van der Waals surface area contributed by atoms with Gasteiger partial charge < -0.3 is 18.9 Å². The van der Waals surface area contributed by atoms with Crippen LogP contribution in [-0.2, 0) is 16.1 Å². The molecule has 0 aliphatic heterocycles. The van der Waals surface area contributed by atoms with Crippen molar-refractivity contribution in [2.45, 2.75) is 6.61 Å². The van der Waals surface area contributed by atoms with Gasteiger partial charge in [-0.15, -0.1) is 0 Å². The summed E-state index contributed by atoms with van der Waals surface area (Å²) in [5.41, 5.74) is 0.665. The number of carbonyl (C=O) groups excluding carboxylic acids is 1. The molecule has 0 aromatic heterocycles. The molecule has 1 aromatic carbocycles. The molecule has 0 bridgehead atoms. The summed E-state index contributed by atoms with van der Waals surface area (Å²) in [4.78, 5) is 10.2. The summed E-state index contributed by atoms with van der Waals surface area (Å²) < 4.78 is 20.1. The molecule has 0 atom stereocenters. The van der Waals surface area contributed by atoms with E-state index in [0.29, 0.717) is 29.3 Å². The van der Waals surface area contributed by atoms with Gasteiger partial charge in [-0.3, -0.25) is 4.79 Å². The Morgan fingerprint density at radius 2 is 1.62 bits per heavy atom. The Morgan fingerprint density at radius 3 is 2.00 bits per heavy atom. The number of hydrogen-bond donors (Lipinski definition) is 0. The van der Waals surface area contributed by atoms with Crippen LogP contribution in [0, 0.1) is 0 Å². The van der Waals surface area contributed by atoms with Crippen molar-refractivity contribution in [3.63, 3.8) is 0 Å². The molecule has 16 heavy (non-hydrogen) atoms. The van der Waals surface area contributed by atoms with E-state index in [0.717, 1.165) is 0 Å². The molecule has 0 saturated heterocycles. The van der Waals surface area contributed by atoms with E-state index >= 15 is 0 Å². The second-order valence-electron chi connectivity index (χ2n) is 2.92. The van der Waals surface area contributed by atoms with Crippen LogP contribution in [0.3, 0.4) is 0 Å². The quantitative estimate of drug-likeness (QED) is 0.686. The van der Waals surface area contributed by atoms with Crippen molar-refractivity contribution >= 4 is 6.47 Å². The predicted molar refractivity (Wildman–Crippen MR) is 57.0 cm³/mol. The van der Waals surface area contributed by atoms with Crippen LogP contribution in [-0.4, -0.2) is 27.8 Å². The highest BCUT2D eigenvalue weighted by atomic mass is 16.5. The van der Waals surface area contributed by atoms with Crippen molar-refractivity contribution in [1.82, 2.24) is 0 Å². The molecular formula is C11H14O5. The third-order valence-corrected chi connectivity index (χ3v) is 2.11. The van der Waals surface area contributed by atoms with Gasteiger partial charge >= 0.3 is 0 Å². The number of hydrogen-bond acceptors (Lipinski definition) is 5. The van der Waals surface area contributed by atoms with E-state index in [1.807, 2.05) is 0 Å². The fourth-order valence-corrected chi connectivity index (χ4v) is 1.34. The van der Waals surface area contributed by atoms with E-state index in [9.17, 15) is 4.79 Å². The lowest BCUT2D eigenvalue weighted by molar-refractivity contribution is -0.129. The summed E-state index contributed by atoms with van der Waals surface area (Å²) in [7, 11) is 4.60. The van der Waals surface area contributed by atoms with E-state index in [1.165, 1.54) is 14.2 Å². The topological polar surface area (TPSA) is 54.0 Å². The minimum absolute atomic E-state index is 0.0971. The van der Waals surface area contributed by atoms with Crippen LogP contribution in [0.15, 0.2) is 12.1 Å². The highest BCUT2D eigenvalue weighted by Crippen LogP contribution is 2.34. The Bertz CT molecular complexity index is 336. The average Bonchev–Trinajstić information content (AvgIpc) is 2.35. The van der Waals surface area contributed by atoms with Crippen LogP contribution in [0.1, 0.15) is 5.56 Å². The first-order valence-electron chi connectivity index (χ1n) is 4.61. The van der Waals surface area contributed by atoms with Crippen LogP contribution >= 0.6 is 0 Å². The molecule has 5 heteroatoms. The lowest BCUT2D eigenvalue weighted by Gasteiger charge is -2.14. The van der Waals surface area contributed by atoms with Gasteiger partial charge in [0.1, 0.15) is 23.9 Å². The third kappa shape index (κ3) is 2.56. The Kier molecular flexibility index (Phi) is 4.44. The van der Waals surface area contributed by atoms with Crippen molar-refractivity contribution in [1.29, 1.82) is 0 Å². The second kappa shape index (κ2) is 5.85. The maximum atomic E-state index is 10.2. The fourth-order valence-electron chi connectivity index (χ4n) is 1.34. The maximum absolute atomic E-state index is 10.2. The van der Waals surface area contributed by atoms with E-state index < -0.39 is 0 Å². The number of methoxy groups -OCH3 is 3. The Hall–Kier alpha value is -1.91. The molecule has 88 valence electrons. The van der Waals surface area contributed by atoms with Crippen molar-refractivity contribution in [3.05, 3.63) is 17.7 Å². The van der Waals surface area contributed by atoms with Gasteiger partial charge in [0, 0.05) is 12.1 Å². The van der Waals surface area contributed by atoms with Gasteiger partial charge in [-0.1, -0.05) is 0 Å². The molecule has 1 rings (SSSR count). The molecule has 0 aliphatic carbocycles. The molecule has 0 spiro atoms. The number of carbonyl (C=O) groups is 1. The summed E-state index contributed by atoms with van der Waals surface area (Å²) in [5, 5.41) is 0. The summed E-state index contributed by atoms with van der Waals surface area (Å²) >= 11 is 0. The lowest BCUT2D eigenvalue weighted by atomic mass is 10.1. The van der Waals surface area contributed by atoms with Gasteiger partial charge in [0.15, 0.2) is 0 Å². The van der Waals surface area contributed by atoms with Gasteiger partial charge in [-0.05, 0) is 0 Å². The minimum Gasteiger partial charge on any atom is -0.496 e. The van der Waals surface area contributed by atoms with Gasteiger partial charge in [-0.25, -0.2) is 0 Å². The van der Waals surface area contributed by atoms with Crippen LogP contribution in [0.5, 0.6) is 17.2 Å². The van der Waals surface area contributed by atoms with Crippen LogP contribution in [0.25, 0.3) is 0 Å². The molecule has 0 unspecified atom stereocenters. The van der Waals surface area contributed by atoms with E-state index in [-0.39, 0.29) is 6.61 Å². The molecule has 0 heterocycles. The van der Waals surface area contributed by atoms with Gasteiger partial charge in [0.25, 0.3) is 6.47 Å². The lowest BCUT2D eigenvalue weighted by Crippen LogP contribution is -2.00. The molecule has 0 aliphatic rings. The van der Waals surface area contributed by atoms with E-state index in [2.05, 4.69) is 0 Å². The Labute approximate surface area is 93.9 Å². The monoisotopic (exact) mass is 226 g/mol. The second-order valence-corrected chi connectivity index (χ2v) is 2.92. The standard InChI is InChI=1S/C11H14O5/c1-13-8-4-10(14-2)9(6-16-7-12)11(5-8)15-3/h4-5,7H,6H2,1-3H3. The molecule has 0 fully saturated rings.